The fourth-order valence-electron chi connectivity index (χ4n) is 2.37. The van der Waals surface area contributed by atoms with Crippen LogP contribution in [0.1, 0.15) is 13.8 Å². The first-order valence-corrected chi connectivity index (χ1v) is 8.52. The van der Waals surface area contributed by atoms with Crippen LogP contribution in [0.4, 0.5) is 0 Å². The molecule has 0 aromatic carbocycles. The average Bonchev–Trinajstić information content (AvgIpc) is 2.41. The molecule has 96 valence electrons. The van der Waals surface area contributed by atoms with Gasteiger partial charge in [0.05, 0.1) is 5.66 Å². The maximum Gasteiger partial charge on any atom is 0.212 e. The molecule has 0 bridgehead atoms. The molecule has 3 rings (SSSR count). The molecule has 2 aliphatic carbocycles. The van der Waals surface area contributed by atoms with Crippen molar-refractivity contribution < 1.29 is 9.09 Å². The van der Waals surface area contributed by atoms with Crippen LogP contribution in [0.25, 0.3) is 0 Å². The highest BCUT2D eigenvalue weighted by molar-refractivity contribution is 7.59. The van der Waals surface area contributed by atoms with Gasteiger partial charge in [-0.15, -0.1) is 0 Å². The van der Waals surface area contributed by atoms with E-state index in [1.807, 2.05) is 50.3 Å². The van der Waals surface area contributed by atoms with Gasteiger partial charge >= 0.3 is 0 Å². The Morgan fingerprint density at radius 1 is 1.00 bits per heavy atom. The monoisotopic (exact) mass is 262 g/mol. The summed E-state index contributed by atoms with van der Waals surface area (Å²) in [6, 6.07) is 0. The molecule has 0 aromatic heterocycles. The predicted octanol–water partition coefficient (Wildman–Crippen LogP) is 4.24. The van der Waals surface area contributed by atoms with Gasteiger partial charge in [0.25, 0.3) is 0 Å². The van der Waals surface area contributed by atoms with Gasteiger partial charge in [-0.1, -0.05) is 62.5 Å². The van der Waals surface area contributed by atoms with E-state index in [9.17, 15) is 4.57 Å². The summed E-state index contributed by atoms with van der Waals surface area (Å²) in [7, 11) is -2.59. The van der Waals surface area contributed by atoms with Gasteiger partial charge in [0, 0.05) is 6.66 Å². The van der Waals surface area contributed by atoms with E-state index in [4.69, 9.17) is 4.52 Å². The van der Waals surface area contributed by atoms with Gasteiger partial charge < -0.3 is 4.52 Å². The largest absolute Gasteiger partial charge is 0.316 e. The first-order chi connectivity index (χ1) is 8.68. The minimum Gasteiger partial charge on any atom is -0.316 e. The standard InChI is InChI=1S/C13H13O2P.C2H6/c1-16(14)13-9-5-3-7-11(13)10-6-2-4-8-12(10)15-16;1-2/h2-9,12-13H,1H3;1-2H3. The SMILES string of the molecule is CC.CP1(=O)OC2C=CC=CC2=C2C=CC=CC21. The van der Waals surface area contributed by atoms with E-state index in [2.05, 4.69) is 12.2 Å². The Balaban J connectivity index is 0.000000574. The highest BCUT2D eigenvalue weighted by Gasteiger charge is 2.39. The summed E-state index contributed by atoms with van der Waals surface area (Å²) in [5.41, 5.74) is 2.21. The number of hydrogen-bond donors (Lipinski definition) is 0. The molecule has 3 atom stereocenters. The zero-order valence-electron chi connectivity index (χ0n) is 11.0. The van der Waals surface area contributed by atoms with Gasteiger partial charge in [0.1, 0.15) is 6.10 Å². The van der Waals surface area contributed by atoms with Crippen molar-refractivity contribution in [1.29, 1.82) is 0 Å². The Bertz CT molecular complexity index is 521. The van der Waals surface area contributed by atoms with Gasteiger partial charge in [-0.3, -0.25) is 4.57 Å². The fourth-order valence-corrected chi connectivity index (χ4v) is 4.29. The van der Waals surface area contributed by atoms with Gasteiger partial charge in [0.15, 0.2) is 0 Å². The van der Waals surface area contributed by atoms with Crippen LogP contribution >= 0.6 is 7.37 Å². The lowest BCUT2D eigenvalue weighted by atomic mass is 9.94. The van der Waals surface area contributed by atoms with Crippen LogP contribution < -0.4 is 0 Å². The van der Waals surface area contributed by atoms with E-state index in [1.54, 1.807) is 6.66 Å². The first-order valence-electron chi connectivity index (χ1n) is 6.38. The van der Waals surface area contributed by atoms with E-state index in [0.717, 1.165) is 11.1 Å². The molecule has 18 heavy (non-hydrogen) atoms. The molecule has 0 fully saturated rings. The van der Waals surface area contributed by atoms with Gasteiger partial charge in [0.2, 0.25) is 7.37 Å². The van der Waals surface area contributed by atoms with Crippen LogP contribution in [0.2, 0.25) is 0 Å². The highest BCUT2D eigenvalue weighted by atomic mass is 31.2. The van der Waals surface area contributed by atoms with Gasteiger partial charge in [-0.05, 0) is 11.1 Å². The van der Waals surface area contributed by atoms with E-state index in [1.165, 1.54) is 0 Å². The third-order valence-corrected chi connectivity index (χ3v) is 5.25. The summed E-state index contributed by atoms with van der Waals surface area (Å²) in [5.74, 6) is 0. The van der Waals surface area contributed by atoms with Crippen molar-refractivity contribution in [3.8, 4) is 0 Å². The molecule has 2 nitrogen and oxygen atoms in total. The molecule has 3 aliphatic rings. The van der Waals surface area contributed by atoms with E-state index in [0.29, 0.717) is 0 Å². The number of fused-ring (bicyclic) bond motifs is 2. The van der Waals surface area contributed by atoms with Crippen LogP contribution in [0.5, 0.6) is 0 Å². The minimum atomic E-state index is -2.59. The highest BCUT2D eigenvalue weighted by Crippen LogP contribution is 2.58. The normalized spacial score (nSPS) is 35.7. The van der Waals surface area contributed by atoms with Crippen molar-refractivity contribution in [1.82, 2.24) is 0 Å². The lowest BCUT2D eigenvalue weighted by Gasteiger charge is -2.36. The topological polar surface area (TPSA) is 26.3 Å². The van der Waals surface area contributed by atoms with Crippen LogP contribution in [0.3, 0.4) is 0 Å². The number of allylic oxidation sites excluding steroid dienone is 7. The third kappa shape index (κ3) is 2.23. The van der Waals surface area contributed by atoms with Crippen LogP contribution in [0, 0.1) is 0 Å². The smallest absolute Gasteiger partial charge is 0.212 e. The van der Waals surface area contributed by atoms with E-state index < -0.39 is 7.37 Å². The molecule has 0 saturated heterocycles. The molecule has 1 heterocycles. The number of rotatable bonds is 0. The van der Waals surface area contributed by atoms with Crippen LogP contribution in [-0.4, -0.2) is 18.4 Å². The zero-order chi connectivity index (χ0) is 13.2. The Labute approximate surface area is 109 Å². The Morgan fingerprint density at radius 2 is 1.61 bits per heavy atom. The molecule has 0 radical (unpaired) electrons. The maximum absolute atomic E-state index is 12.5. The lowest BCUT2D eigenvalue weighted by Crippen LogP contribution is -2.27. The van der Waals surface area contributed by atoms with Crippen molar-refractivity contribution in [2.45, 2.75) is 25.6 Å². The summed E-state index contributed by atoms with van der Waals surface area (Å²) in [6.45, 7) is 5.73. The van der Waals surface area contributed by atoms with Crippen LogP contribution in [-0.2, 0) is 9.09 Å². The zero-order valence-corrected chi connectivity index (χ0v) is 11.9. The first kappa shape index (κ1) is 13.3. The van der Waals surface area contributed by atoms with Crippen molar-refractivity contribution in [3.63, 3.8) is 0 Å². The Kier molecular flexibility index (Phi) is 3.89. The molecular formula is C15H19O2P. The van der Waals surface area contributed by atoms with Gasteiger partial charge in [-0.25, -0.2) is 0 Å². The predicted molar refractivity (Wildman–Crippen MR) is 77.1 cm³/mol. The molecule has 3 heteroatoms. The van der Waals surface area contributed by atoms with Crippen molar-refractivity contribution in [2.75, 3.05) is 6.66 Å². The quantitative estimate of drug-likeness (QED) is 0.610. The average molecular weight is 262 g/mol. The van der Waals surface area contributed by atoms with Crippen LogP contribution in [0.15, 0.2) is 59.8 Å². The lowest BCUT2D eigenvalue weighted by molar-refractivity contribution is 0.278. The van der Waals surface area contributed by atoms with Gasteiger partial charge in [-0.2, -0.15) is 0 Å². The summed E-state index contributed by atoms with van der Waals surface area (Å²) in [4.78, 5) is 0. The molecular weight excluding hydrogens is 243 g/mol. The Morgan fingerprint density at radius 3 is 2.33 bits per heavy atom. The second-order valence-electron chi connectivity index (χ2n) is 4.28. The number of hydrogen-bond acceptors (Lipinski definition) is 2. The van der Waals surface area contributed by atoms with E-state index >= 15 is 0 Å². The summed E-state index contributed by atoms with van der Waals surface area (Å²) >= 11 is 0. The van der Waals surface area contributed by atoms with E-state index in [-0.39, 0.29) is 11.8 Å². The molecule has 0 N–H and O–H groups in total. The molecule has 0 aromatic rings. The van der Waals surface area contributed by atoms with Crippen molar-refractivity contribution >= 4 is 7.37 Å². The Hall–Kier alpha value is -1.11. The molecule has 1 aliphatic heterocycles. The minimum absolute atomic E-state index is 0.0695. The van der Waals surface area contributed by atoms with Crippen molar-refractivity contribution in [2.24, 2.45) is 0 Å². The molecule has 0 amide bonds. The fraction of sp³-hybridized carbons (Fsp3) is 0.333. The second-order valence-corrected chi connectivity index (χ2v) is 6.86. The third-order valence-electron chi connectivity index (χ3n) is 3.14. The summed E-state index contributed by atoms with van der Waals surface area (Å²) < 4.78 is 18.2. The summed E-state index contributed by atoms with van der Waals surface area (Å²) in [5, 5.41) is 0. The molecule has 0 saturated carbocycles. The second kappa shape index (κ2) is 5.26. The van der Waals surface area contributed by atoms with Crippen molar-refractivity contribution in [3.05, 3.63) is 59.8 Å². The molecule has 3 unspecified atom stereocenters. The maximum atomic E-state index is 12.5. The summed E-state index contributed by atoms with van der Waals surface area (Å²) in [6.07, 6.45) is 15.8. The molecule has 0 spiro atoms.